The SMILES string of the molecule is CC(C)(C)Oc1ccccc1-c1c(C#N)c(N)[nH]c(=O)c1C#N. The van der Waals surface area contributed by atoms with Crippen LogP contribution in [0.4, 0.5) is 5.82 Å². The van der Waals surface area contributed by atoms with Crippen LogP contribution in [0.1, 0.15) is 31.9 Å². The lowest BCUT2D eigenvalue weighted by atomic mass is 9.95. The third-order valence-corrected chi connectivity index (χ3v) is 3.04. The minimum absolute atomic E-state index is 0.0473. The monoisotopic (exact) mass is 308 g/mol. The summed E-state index contributed by atoms with van der Waals surface area (Å²) >= 11 is 0. The van der Waals surface area contributed by atoms with Gasteiger partial charge in [-0.05, 0) is 26.8 Å². The molecule has 6 heteroatoms. The fourth-order valence-corrected chi connectivity index (χ4v) is 2.20. The molecule has 2 rings (SSSR count). The van der Waals surface area contributed by atoms with E-state index in [1.165, 1.54) is 0 Å². The van der Waals surface area contributed by atoms with Gasteiger partial charge in [0.25, 0.3) is 5.56 Å². The van der Waals surface area contributed by atoms with Crippen LogP contribution >= 0.6 is 0 Å². The Morgan fingerprint density at radius 2 is 1.74 bits per heavy atom. The maximum absolute atomic E-state index is 12.0. The maximum Gasteiger partial charge on any atom is 0.268 e. The molecule has 2 aromatic rings. The molecule has 1 aromatic carbocycles. The van der Waals surface area contributed by atoms with E-state index in [0.29, 0.717) is 11.3 Å². The number of nitrogen functional groups attached to an aromatic ring is 1. The number of H-pyrrole nitrogens is 1. The van der Waals surface area contributed by atoms with E-state index in [4.69, 9.17) is 10.5 Å². The molecule has 0 amide bonds. The van der Waals surface area contributed by atoms with E-state index in [2.05, 4.69) is 4.98 Å². The van der Waals surface area contributed by atoms with Gasteiger partial charge in [0.2, 0.25) is 0 Å². The van der Waals surface area contributed by atoms with Gasteiger partial charge in [-0.25, -0.2) is 0 Å². The van der Waals surface area contributed by atoms with Crippen molar-refractivity contribution < 1.29 is 4.74 Å². The molecule has 0 aliphatic rings. The summed E-state index contributed by atoms with van der Waals surface area (Å²) in [6.45, 7) is 5.64. The quantitative estimate of drug-likeness (QED) is 0.884. The number of aromatic nitrogens is 1. The van der Waals surface area contributed by atoms with Crippen molar-refractivity contribution in [2.75, 3.05) is 5.73 Å². The summed E-state index contributed by atoms with van der Waals surface area (Å²) in [7, 11) is 0. The number of pyridine rings is 1. The van der Waals surface area contributed by atoms with Crippen LogP contribution in [0.5, 0.6) is 5.75 Å². The van der Waals surface area contributed by atoms with Crippen molar-refractivity contribution in [1.29, 1.82) is 10.5 Å². The largest absolute Gasteiger partial charge is 0.488 e. The number of para-hydroxylation sites is 1. The summed E-state index contributed by atoms with van der Waals surface area (Å²) in [5, 5.41) is 18.7. The summed E-state index contributed by atoms with van der Waals surface area (Å²) in [5.74, 6) is 0.398. The van der Waals surface area contributed by atoms with E-state index in [1.807, 2.05) is 32.9 Å². The molecule has 0 saturated heterocycles. The van der Waals surface area contributed by atoms with Crippen LogP contribution in [0, 0.1) is 22.7 Å². The highest BCUT2D eigenvalue weighted by molar-refractivity contribution is 5.83. The zero-order valence-electron chi connectivity index (χ0n) is 13.1. The highest BCUT2D eigenvalue weighted by Crippen LogP contribution is 2.36. The number of anilines is 1. The summed E-state index contributed by atoms with van der Waals surface area (Å²) < 4.78 is 5.89. The number of hydrogen-bond donors (Lipinski definition) is 2. The Morgan fingerprint density at radius 1 is 1.13 bits per heavy atom. The van der Waals surface area contributed by atoms with Crippen LogP contribution in [0.2, 0.25) is 0 Å². The minimum Gasteiger partial charge on any atom is -0.488 e. The van der Waals surface area contributed by atoms with E-state index < -0.39 is 11.2 Å². The molecule has 3 N–H and O–H groups in total. The molecule has 0 saturated carbocycles. The third-order valence-electron chi connectivity index (χ3n) is 3.04. The number of aromatic amines is 1. The smallest absolute Gasteiger partial charge is 0.268 e. The van der Waals surface area contributed by atoms with Crippen LogP contribution in [0.15, 0.2) is 29.1 Å². The van der Waals surface area contributed by atoms with E-state index in [-0.39, 0.29) is 22.5 Å². The number of nitriles is 2. The Labute approximate surface area is 133 Å². The van der Waals surface area contributed by atoms with Gasteiger partial charge < -0.3 is 15.5 Å². The Balaban J connectivity index is 2.86. The van der Waals surface area contributed by atoms with Gasteiger partial charge in [-0.3, -0.25) is 4.79 Å². The van der Waals surface area contributed by atoms with E-state index >= 15 is 0 Å². The Morgan fingerprint density at radius 3 is 2.30 bits per heavy atom. The second kappa shape index (κ2) is 5.86. The fraction of sp³-hybridized carbons (Fsp3) is 0.235. The Kier molecular flexibility index (Phi) is 4.11. The van der Waals surface area contributed by atoms with Crippen molar-refractivity contribution >= 4 is 5.82 Å². The highest BCUT2D eigenvalue weighted by atomic mass is 16.5. The molecule has 1 aromatic heterocycles. The van der Waals surface area contributed by atoms with Crippen LogP contribution in [0.25, 0.3) is 11.1 Å². The first-order valence-corrected chi connectivity index (χ1v) is 6.93. The summed E-state index contributed by atoms with van der Waals surface area (Å²) in [5.41, 5.74) is 5.18. The molecule has 6 nitrogen and oxygen atoms in total. The summed E-state index contributed by atoms with van der Waals surface area (Å²) in [4.78, 5) is 14.3. The van der Waals surface area contributed by atoms with E-state index in [1.54, 1.807) is 24.3 Å². The predicted molar refractivity (Wildman–Crippen MR) is 86.7 cm³/mol. The molecule has 0 atom stereocenters. The number of ether oxygens (including phenoxy) is 1. The van der Waals surface area contributed by atoms with Crippen LogP contribution in [0.3, 0.4) is 0 Å². The number of nitrogens with zero attached hydrogens (tertiary/aromatic N) is 2. The van der Waals surface area contributed by atoms with Crippen LogP contribution in [-0.4, -0.2) is 10.6 Å². The lowest BCUT2D eigenvalue weighted by Gasteiger charge is -2.23. The van der Waals surface area contributed by atoms with Gasteiger partial charge in [0.05, 0.1) is 0 Å². The summed E-state index contributed by atoms with van der Waals surface area (Å²) in [6, 6.07) is 10.7. The van der Waals surface area contributed by atoms with Gasteiger partial charge in [-0.1, -0.05) is 18.2 Å². The first-order chi connectivity index (χ1) is 10.8. The van der Waals surface area contributed by atoms with Gasteiger partial charge in [0.1, 0.15) is 40.4 Å². The standard InChI is InChI=1S/C17H16N4O2/c1-17(2,3)23-13-7-5-4-6-10(13)14-11(8-18)15(20)21-16(22)12(14)9-19/h4-7H,1-3H3,(H3,20,21,22). The molecule has 0 unspecified atom stereocenters. The Hall–Kier alpha value is -3.25. The predicted octanol–water partition coefficient (Wildman–Crippen LogP) is 2.54. The van der Waals surface area contributed by atoms with Crippen molar-refractivity contribution in [3.8, 4) is 29.0 Å². The lowest BCUT2D eigenvalue weighted by Crippen LogP contribution is -2.23. The van der Waals surface area contributed by atoms with Crippen molar-refractivity contribution in [2.24, 2.45) is 0 Å². The van der Waals surface area contributed by atoms with E-state index in [0.717, 1.165) is 0 Å². The van der Waals surface area contributed by atoms with Crippen molar-refractivity contribution in [2.45, 2.75) is 26.4 Å². The van der Waals surface area contributed by atoms with Gasteiger partial charge in [-0.2, -0.15) is 10.5 Å². The molecule has 0 spiro atoms. The van der Waals surface area contributed by atoms with Gasteiger partial charge >= 0.3 is 0 Å². The first-order valence-electron chi connectivity index (χ1n) is 6.93. The van der Waals surface area contributed by atoms with Crippen molar-refractivity contribution in [3.63, 3.8) is 0 Å². The van der Waals surface area contributed by atoms with Gasteiger partial charge in [-0.15, -0.1) is 0 Å². The molecule has 0 bridgehead atoms. The second-order valence-electron chi connectivity index (χ2n) is 5.93. The molecular weight excluding hydrogens is 292 g/mol. The Bertz CT molecular complexity index is 893. The number of hydrogen-bond acceptors (Lipinski definition) is 5. The number of benzene rings is 1. The topological polar surface area (TPSA) is 116 Å². The number of nitrogens with two attached hydrogens (primary N) is 1. The normalized spacial score (nSPS) is 10.7. The second-order valence-corrected chi connectivity index (χ2v) is 5.93. The highest BCUT2D eigenvalue weighted by Gasteiger charge is 2.22. The van der Waals surface area contributed by atoms with Crippen LogP contribution < -0.4 is 16.0 Å². The van der Waals surface area contributed by atoms with Crippen molar-refractivity contribution in [3.05, 3.63) is 45.7 Å². The zero-order chi connectivity index (χ0) is 17.2. The summed E-state index contributed by atoms with van der Waals surface area (Å²) in [6.07, 6.45) is 0. The molecular formula is C17H16N4O2. The van der Waals surface area contributed by atoms with E-state index in [9.17, 15) is 15.3 Å². The molecule has 0 aliphatic heterocycles. The van der Waals surface area contributed by atoms with Crippen LogP contribution in [-0.2, 0) is 0 Å². The molecule has 0 radical (unpaired) electrons. The fourth-order valence-electron chi connectivity index (χ4n) is 2.20. The molecule has 116 valence electrons. The lowest BCUT2D eigenvalue weighted by molar-refractivity contribution is 0.132. The molecule has 23 heavy (non-hydrogen) atoms. The third kappa shape index (κ3) is 3.17. The molecule has 0 fully saturated rings. The molecule has 0 aliphatic carbocycles. The number of nitrogens with one attached hydrogen (secondary N) is 1. The number of rotatable bonds is 2. The van der Waals surface area contributed by atoms with Crippen molar-refractivity contribution in [1.82, 2.24) is 4.98 Å². The average molecular weight is 308 g/mol. The maximum atomic E-state index is 12.0. The average Bonchev–Trinajstić information content (AvgIpc) is 2.45. The first kappa shape index (κ1) is 16.1. The molecule has 1 heterocycles. The zero-order valence-corrected chi connectivity index (χ0v) is 13.1. The minimum atomic E-state index is -0.635. The van der Waals surface area contributed by atoms with Gasteiger partial charge in [0, 0.05) is 11.1 Å². The van der Waals surface area contributed by atoms with Gasteiger partial charge in [0.15, 0.2) is 0 Å².